The van der Waals surface area contributed by atoms with E-state index >= 15 is 0 Å². The summed E-state index contributed by atoms with van der Waals surface area (Å²) in [5, 5.41) is 4.16. The molecule has 5 heteroatoms. The van der Waals surface area contributed by atoms with Crippen molar-refractivity contribution in [2.45, 2.75) is 31.7 Å². The predicted molar refractivity (Wildman–Crippen MR) is 78.4 cm³/mol. The number of hydrogen-bond acceptors (Lipinski definition) is 1. The van der Waals surface area contributed by atoms with Crippen LogP contribution in [0, 0.1) is 11.7 Å². The predicted octanol–water partition coefficient (Wildman–Crippen LogP) is 4.16. The second-order valence-electron chi connectivity index (χ2n) is 4.90. The summed E-state index contributed by atoms with van der Waals surface area (Å²) in [4.78, 5) is 12.1. The first kappa shape index (κ1) is 14.8. The number of carbonyl (C=O) groups is 1. The highest BCUT2D eigenvalue weighted by Gasteiger charge is 2.26. The van der Waals surface area contributed by atoms with Crippen LogP contribution in [0.5, 0.6) is 0 Å². The molecule has 1 aliphatic carbocycles. The quantitative estimate of drug-likeness (QED) is 0.816. The van der Waals surface area contributed by atoms with E-state index in [0.29, 0.717) is 10.9 Å². The van der Waals surface area contributed by atoms with Crippen molar-refractivity contribution in [3.63, 3.8) is 0 Å². The number of hydrogen-bond donors (Lipinski definition) is 1. The van der Waals surface area contributed by atoms with E-state index in [0.717, 1.165) is 24.6 Å². The van der Waals surface area contributed by atoms with Gasteiger partial charge in [-0.1, -0.05) is 40.4 Å². The molecule has 19 heavy (non-hydrogen) atoms. The molecule has 0 spiro atoms. The van der Waals surface area contributed by atoms with E-state index in [1.807, 2.05) is 0 Å². The third kappa shape index (κ3) is 3.69. The van der Waals surface area contributed by atoms with Crippen LogP contribution in [0.3, 0.4) is 0 Å². The summed E-state index contributed by atoms with van der Waals surface area (Å²) < 4.78 is 13.6. The van der Waals surface area contributed by atoms with Crippen LogP contribution >= 0.6 is 27.5 Å². The maximum Gasteiger partial charge on any atom is 0.254 e. The summed E-state index contributed by atoms with van der Waals surface area (Å²) in [5.74, 6) is -0.495. The zero-order valence-corrected chi connectivity index (χ0v) is 12.8. The molecule has 1 saturated carbocycles. The van der Waals surface area contributed by atoms with Crippen LogP contribution in [0.15, 0.2) is 18.2 Å². The second-order valence-corrected chi connectivity index (χ2v) is 5.99. The standard InChI is InChI=1S/C14H16BrClFNO/c15-8-9-3-1-2-4-13(9)18-14(19)11-7-10(16)5-6-12(11)17/h5-7,9,13H,1-4,8H2,(H,18,19). The van der Waals surface area contributed by atoms with Gasteiger partial charge >= 0.3 is 0 Å². The van der Waals surface area contributed by atoms with Crippen molar-refractivity contribution >= 4 is 33.4 Å². The number of rotatable bonds is 3. The normalized spacial score (nSPS) is 23.1. The maximum absolute atomic E-state index is 13.6. The molecule has 1 amide bonds. The lowest BCUT2D eigenvalue weighted by Gasteiger charge is -2.31. The Morgan fingerprint density at radius 2 is 2.16 bits per heavy atom. The number of carbonyl (C=O) groups excluding carboxylic acids is 1. The van der Waals surface area contributed by atoms with E-state index in [-0.39, 0.29) is 17.5 Å². The summed E-state index contributed by atoms with van der Waals surface area (Å²) >= 11 is 9.28. The highest BCUT2D eigenvalue weighted by Crippen LogP contribution is 2.26. The zero-order valence-electron chi connectivity index (χ0n) is 10.5. The van der Waals surface area contributed by atoms with Crippen molar-refractivity contribution in [3.05, 3.63) is 34.6 Å². The number of benzene rings is 1. The first-order chi connectivity index (χ1) is 9.11. The van der Waals surface area contributed by atoms with Crippen molar-refractivity contribution in [2.75, 3.05) is 5.33 Å². The Morgan fingerprint density at radius 3 is 2.89 bits per heavy atom. The van der Waals surface area contributed by atoms with Gasteiger partial charge in [-0.3, -0.25) is 4.79 Å². The fraction of sp³-hybridized carbons (Fsp3) is 0.500. The molecule has 0 radical (unpaired) electrons. The molecule has 1 aromatic rings. The minimum absolute atomic E-state index is 0.0198. The van der Waals surface area contributed by atoms with Crippen LogP contribution in [-0.4, -0.2) is 17.3 Å². The molecule has 2 rings (SSSR count). The zero-order chi connectivity index (χ0) is 13.8. The molecule has 2 atom stereocenters. The molecule has 0 saturated heterocycles. The minimum atomic E-state index is -0.534. The number of halogens is 3. The van der Waals surface area contributed by atoms with Crippen LogP contribution < -0.4 is 5.32 Å². The van der Waals surface area contributed by atoms with E-state index in [2.05, 4.69) is 21.2 Å². The van der Waals surface area contributed by atoms with E-state index < -0.39 is 5.82 Å². The Bertz CT molecular complexity index is 469. The van der Waals surface area contributed by atoms with Gasteiger partial charge < -0.3 is 5.32 Å². The maximum atomic E-state index is 13.6. The van der Waals surface area contributed by atoms with Crippen molar-refractivity contribution in [1.82, 2.24) is 5.32 Å². The minimum Gasteiger partial charge on any atom is -0.349 e. The van der Waals surface area contributed by atoms with Gasteiger partial charge in [-0.05, 0) is 37.0 Å². The van der Waals surface area contributed by atoms with Gasteiger partial charge in [0.1, 0.15) is 5.82 Å². The van der Waals surface area contributed by atoms with Crippen molar-refractivity contribution in [3.8, 4) is 0 Å². The van der Waals surface area contributed by atoms with Gasteiger partial charge in [-0.15, -0.1) is 0 Å². The van der Waals surface area contributed by atoms with Crippen LogP contribution in [-0.2, 0) is 0 Å². The van der Waals surface area contributed by atoms with Crippen molar-refractivity contribution in [2.24, 2.45) is 5.92 Å². The summed E-state index contributed by atoms with van der Waals surface area (Å²) in [5.41, 5.74) is 0.0198. The first-order valence-corrected chi connectivity index (χ1v) is 7.93. The van der Waals surface area contributed by atoms with Crippen LogP contribution in [0.4, 0.5) is 4.39 Å². The Balaban J connectivity index is 2.09. The summed E-state index contributed by atoms with van der Waals surface area (Å²) in [6, 6.07) is 4.15. The van der Waals surface area contributed by atoms with Gasteiger partial charge in [0.2, 0.25) is 0 Å². The Morgan fingerprint density at radius 1 is 1.42 bits per heavy atom. The largest absolute Gasteiger partial charge is 0.349 e. The molecular formula is C14H16BrClFNO. The molecule has 2 nitrogen and oxygen atoms in total. The molecule has 1 fully saturated rings. The van der Waals surface area contributed by atoms with Gasteiger partial charge in [0.25, 0.3) is 5.91 Å². The van der Waals surface area contributed by atoms with Gasteiger partial charge in [-0.25, -0.2) is 4.39 Å². The third-order valence-electron chi connectivity index (χ3n) is 3.60. The van der Waals surface area contributed by atoms with Gasteiger partial charge in [0.05, 0.1) is 5.56 Å². The second kappa shape index (κ2) is 6.71. The molecule has 0 bridgehead atoms. The molecule has 2 unspecified atom stereocenters. The lowest BCUT2D eigenvalue weighted by Crippen LogP contribution is -2.43. The molecule has 1 aromatic carbocycles. The van der Waals surface area contributed by atoms with Crippen LogP contribution in [0.25, 0.3) is 0 Å². The summed E-state index contributed by atoms with van der Waals surface area (Å²) in [7, 11) is 0. The molecule has 0 aromatic heterocycles. The fourth-order valence-electron chi connectivity index (χ4n) is 2.50. The molecule has 0 aliphatic heterocycles. The summed E-state index contributed by atoms with van der Waals surface area (Å²) in [6.45, 7) is 0. The molecule has 0 heterocycles. The van der Waals surface area contributed by atoms with E-state index in [1.165, 1.54) is 24.6 Å². The highest BCUT2D eigenvalue weighted by molar-refractivity contribution is 9.09. The number of nitrogens with one attached hydrogen (secondary N) is 1. The SMILES string of the molecule is O=C(NC1CCCCC1CBr)c1cc(Cl)ccc1F. The lowest BCUT2D eigenvalue weighted by atomic mass is 9.86. The molecule has 104 valence electrons. The van der Waals surface area contributed by atoms with Crippen molar-refractivity contribution in [1.29, 1.82) is 0 Å². The lowest BCUT2D eigenvalue weighted by molar-refractivity contribution is 0.0907. The van der Waals surface area contributed by atoms with Crippen LogP contribution in [0.1, 0.15) is 36.0 Å². The molecule has 1 aliphatic rings. The highest BCUT2D eigenvalue weighted by atomic mass is 79.9. The monoisotopic (exact) mass is 347 g/mol. The average molecular weight is 349 g/mol. The van der Waals surface area contributed by atoms with E-state index in [1.54, 1.807) is 0 Å². The number of alkyl halides is 1. The van der Waals surface area contributed by atoms with Crippen molar-refractivity contribution < 1.29 is 9.18 Å². The smallest absolute Gasteiger partial charge is 0.254 e. The first-order valence-electron chi connectivity index (χ1n) is 6.43. The topological polar surface area (TPSA) is 29.1 Å². The summed E-state index contributed by atoms with van der Waals surface area (Å²) in [6.07, 6.45) is 4.33. The third-order valence-corrected chi connectivity index (χ3v) is 4.66. The Kier molecular flexibility index (Phi) is 5.22. The average Bonchev–Trinajstić information content (AvgIpc) is 2.42. The number of amides is 1. The van der Waals surface area contributed by atoms with E-state index in [4.69, 9.17) is 11.6 Å². The Labute approximate surface area is 125 Å². The van der Waals surface area contributed by atoms with Gasteiger partial charge in [0, 0.05) is 16.4 Å². The van der Waals surface area contributed by atoms with Gasteiger partial charge in [0.15, 0.2) is 0 Å². The fourth-order valence-corrected chi connectivity index (χ4v) is 3.45. The van der Waals surface area contributed by atoms with Gasteiger partial charge in [-0.2, -0.15) is 0 Å². The Hall–Kier alpha value is -0.610. The molecule has 1 N–H and O–H groups in total. The van der Waals surface area contributed by atoms with Crippen LogP contribution in [0.2, 0.25) is 5.02 Å². The molecular weight excluding hydrogens is 333 g/mol. The van der Waals surface area contributed by atoms with E-state index in [9.17, 15) is 9.18 Å².